The summed E-state index contributed by atoms with van der Waals surface area (Å²) in [6.07, 6.45) is 2.29. The van der Waals surface area contributed by atoms with Gasteiger partial charge in [0.25, 0.3) is 0 Å². The Morgan fingerprint density at radius 2 is 2.14 bits per heavy atom. The fourth-order valence-electron chi connectivity index (χ4n) is 3.13. The first-order valence-electron chi connectivity index (χ1n) is 7.87. The fourth-order valence-corrected chi connectivity index (χ4v) is 3.13. The number of carbonyl (C=O) groups is 1. The number of rotatable bonds is 5. The number of nitrogens with zero attached hydrogens (tertiary/aromatic N) is 1. The Balaban J connectivity index is 1.98. The zero-order valence-electron chi connectivity index (χ0n) is 13.1. The Morgan fingerprint density at radius 3 is 2.81 bits per heavy atom. The van der Waals surface area contributed by atoms with E-state index in [0.717, 1.165) is 31.6 Å². The van der Waals surface area contributed by atoms with Gasteiger partial charge in [-0.25, -0.2) is 0 Å². The number of nitrogens with one attached hydrogen (secondary N) is 1. The summed E-state index contributed by atoms with van der Waals surface area (Å²) in [7, 11) is 1.97. The van der Waals surface area contributed by atoms with Crippen LogP contribution in [0.3, 0.4) is 0 Å². The second kappa shape index (κ2) is 7.57. The molecule has 3 N–H and O–H groups in total. The molecule has 1 aromatic rings. The highest BCUT2D eigenvalue weighted by Crippen LogP contribution is 2.24. The Morgan fingerprint density at radius 1 is 1.43 bits per heavy atom. The topological polar surface area (TPSA) is 58.4 Å². The molecule has 1 aliphatic rings. The van der Waals surface area contributed by atoms with Gasteiger partial charge in [-0.3, -0.25) is 4.79 Å². The highest BCUT2D eigenvalue weighted by Gasteiger charge is 2.29. The maximum atomic E-state index is 12.7. The number of amides is 1. The van der Waals surface area contributed by atoms with Crippen LogP contribution in [0.15, 0.2) is 30.3 Å². The molecule has 4 heteroatoms. The summed E-state index contributed by atoms with van der Waals surface area (Å²) >= 11 is 0. The second-order valence-corrected chi connectivity index (χ2v) is 6.08. The maximum absolute atomic E-state index is 12.7. The summed E-state index contributed by atoms with van der Waals surface area (Å²) in [5, 5.41) is 3.21. The molecule has 21 heavy (non-hydrogen) atoms. The van der Waals surface area contributed by atoms with Crippen molar-refractivity contribution in [3.8, 4) is 0 Å². The van der Waals surface area contributed by atoms with Crippen LogP contribution >= 0.6 is 0 Å². The zero-order chi connectivity index (χ0) is 15.2. The number of hydrogen-bond donors (Lipinski definition) is 2. The molecule has 0 bridgehead atoms. The van der Waals surface area contributed by atoms with Crippen LogP contribution in [0, 0.1) is 11.8 Å². The number of benzene rings is 1. The highest BCUT2D eigenvalue weighted by molar-refractivity contribution is 5.79. The maximum Gasteiger partial charge on any atom is 0.227 e. The number of likely N-dealkylation sites (tertiary alicyclic amines) is 1. The van der Waals surface area contributed by atoms with Gasteiger partial charge in [0.15, 0.2) is 0 Å². The first-order valence-corrected chi connectivity index (χ1v) is 7.87. The van der Waals surface area contributed by atoms with E-state index in [2.05, 4.69) is 5.32 Å². The third-order valence-electron chi connectivity index (χ3n) is 4.44. The summed E-state index contributed by atoms with van der Waals surface area (Å²) in [6, 6.07) is 9.66. The van der Waals surface area contributed by atoms with Crippen molar-refractivity contribution in [3.63, 3.8) is 0 Å². The van der Waals surface area contributed by atoms with E-state index in [1.54, 1.807) is 0 Å². The van der Waals surface area contributed by atoms with Gasteiger partial charge in [-0.15, -0.1) is 0 Å². The van der Waals surface area contributed by atoms with E-state index in [4.69, 9.17) is 5.73 Å². The minimum atomic E-state index is -0.233. The molecule has 0 radical (unpaired) electrons. The van der Waals surface area contributed by atoms with Crippen LogP contribution in [0.25, 0.3) is 0 Å². The summed E-state index contributed by atoms with van der Waals surface area (Å²) in [5.41, 5.74) is 7.31. The summed E-state index contributed by atoms with van der Waals surface area (Å²) < 4.78 is 0. The predicted octanol–water partition coefficient (Wildman–Crippen LogP) is 1.78. The smallest absolute Gasteiger partial charge is 0.227 e. The molecule has 4 nitrogen and oxygen atoms in total. The molecule has 1 aliphatic heterocycles. The van der Waals surface area contributed by atoms with Crippen molar-refractivity contribution >= 4 is 5.91 Å². The minimum absolute atomic E-state index is 0.180. The average Bonchev–Trinajstić information content (AvgIpc) is 2.54. The van der Waals surface area contributed by atoms with Crippen molar-refractivity contribution < 1.29 is 4.79 Å². The molecule has 116 valence electrons. The number of nitrogens with two attached hydrogens (primary N) is 1. The molecular weight excluding hydrogens is 262 g/mol. The lowest BCUT2D eigenvalue weighted by Crippen LogP contribution is -2.46. The van der Waals surface area contributed by atoms with E-state index in [1.807, 2.05) is 49.2 Å². The molecule has 0 saturated carbocycles. The van der Waals surface area contributed by atoms with Crippen molar-refractivity contribution in [2.75, 3.05) is 26.7 Å². The summed E-state index contributed by atoms with van der Waals surface area (Å²) in [5.74, 6) is 0.570. The van der Waals surface area contributed by atoms with Gasteiger partial charge in [0.1, 0.15) is 0 Å². The van der Waals surface area contributed by atoms with E-state index in [0.29, 0.717) is 5.92 Å². The van der Waals surface area contributed by atoms with Gasteiger partial charge in [0.05, 0.1) is 5.92 Å². The Kier molecular flexibility index (Phi) is 5.76. The summed E-state index contributed by atoms with van der Waals surface area (Å²) in [4.78, 5) is 14.7. The molecule has 1 amide bonds. The standard InChI is InChI=1S/C17H27N3O/c1-13(16(18)15-8-4-3-5-9-15)17(21)20-10-6-7-14(12-20)11-19-2/h3-5,8-9,13-14,16,19H,6-7,10-12,18H2,1-2H3. The minimum Gasteiger partial charge on any atom is -0.342 e. The van der Waals surface area contributed by atoms with Crippen molar-refractivity contribution in [2.45, 2.75) is 25.8 Å². The monoisotopic (exact) mass is 289 g/mol. The number of carbonyl (C=O) groups excluding carboxylic acids is 1. The van der Waals surface area contributed by atoms with Crippen molar-refractivity contribution in [1.29, 1.82) is 0 Å². The molecule has 0 aliphatic carbocycles. The molecule has 1 heterocycles. The van der Waals surface area contributed by atoms with Crippen LogP contribution in [0.5, 0.6) is 0 Å². The number of hydrogen-bond acceptors (Lipinski definition) is 3. The molecule has 1 saturated heterocycles. The molecule has 1 fully saturated rings. The predicted molar refractivity (Wildman–Crippen MR) is 85.8 cm³/mol. The van der Waals surface area contributed by atoms with Crippen molar-refractivity contribution in [2.24, 2.45) is 17.6 Å². The van der Waals surface area contributed by atoms with E-state index < -0.39 is 0 Å². The van der Waals surface area contributed by atoms with E-state index in [9.17, 15) is 4.79 Å². The van der Waals surface area contributed by atoms with Gasteiger partial charge in [-0.2, -0.15) is 0 Å². The van der Waals surface area contributed by atoms with Gasteiger partial charge < -0.3 is 16.0 Å². The van der Waals surface area contributed by atoms with Gasteiger partial charge in [-0.05, 0) is 37.9 Å². The van der Waals surface area contributed by atoms with Crippen molar-refractivity contribution in [3.05, 3.63) is 35.9 Å². The van der Waals surface area contributed by atoms with E-state index in [1.165, 1.54) is 6.42 Å². The lowest BCUT2D eigenvalue weighted by Gasteiger charge is -2.35. The van der Waals surface area contributed by atoms with E-state index >= 15 is 0 Å². The van der Waals surface area contributed by atoms with Crippen LogP contribution in [0.2, 0.25) is 0 Å². The molecule has 2 rings (SSSR count). The Hall–Kier alpha value is -1.39. The molecule has 3 unspecified atom stereocenters. The molecule has 1 aromatic carbocycles. The van der Waals surface area contributed by atoms with Crippen LogP contribution in [0.1, 0.15) is 31.4 Å². The third kappa shape index (κ3) is 4.05. The van der Waals surface area contributed by atoms with E-state index in [-0.39, 0.29) is 17.9 Å². The fraction of sp³-hybridized carbons (Fsp3) is 0.588. The van der Waals surface area contributed by atoms with Crippen LogP contribution < -0.4 is 11.1 Å². The highest BCUT2D eigenvalue weighted by atomic mass is 16.2. The lowest BCUT2D eigenvalue weighted by molar-refractivity contribution is -0.137. The first-order chi connectivity index (χ1) is 10.1. The van der Waals surface area contributed by atoms with Crippen LogP contribution in [-0.4, -0.2) is 37.5 Å². The van der Waals surface area contributed by atoms with Crippen LogP contribution in [0.4, 0.5) is 0 Å². The van der Waals surface area contributed by atoms with Crippen LogP contribution in [-0.2, 0) is 4.79 Å². The molecule has 0 spiro atoms. The Labute approximate surface area is 127 Å². The summed E-state index contributed by atoms with van der Waals surface area (Å²) in [6.45, 7) is 4.64. The van der Waals surface area contributed by atoms with Gasteiger partial charge in [0, 0.05) is 19.1 Å². The SMILES string of the molecule is CNCC1CCCN(C(=O)C(C)C(N)c2ccccc2)C1. The van der Waals surface area contributed by atoms with Crippen molar-refractivity contribution in [1.82, 2.24) is 10.2 Å². The van der Waals surface area contributed by atoms with Gasteiger partial charge >= 0.3 is 0 Å². The molecule has 3 atom stereocenters. The Bertz CT molecular complexity index is 447. The lowest BCUT2D eigenvalue weighted by atomic mass is 9.92. The zero-order valence-corrected chi connectivity index (χ0v) is 13.1. The second-order valence-electron chi connectivity index (χ2n) is 6.08. The third-order valence-corrected chi connectivity index (χ3v) is 4.44. The van der Waals surface area contributed by atoms with Gasteiger partial charge in [0.2, 0.25) is 5.91 Å². The molecular formula is C17H27N3O. The number of piperidine rings is 1. The normalized spacial score (nSPS) is 21.9. The largest absolute Gasteiger partial charge is 0.342 e. The quantitative estimate of drug-likeness (QED) is 0.868. The average molecular weight is 289 g/mol. The first kappa shape index (κ1) is 16.0. The molecule has 0 aromatic heterocycles. The van der Waals surface area contributed by atoms with Gasteiger partial charge in [-0.1, -0.05) is 37.3 Å².